The third-order valence-electron chi connectivity index (χ3n) is 5.78. The first-order valence-electron chi connectivity index (χ1n) is 12.1. The summed E-state index contributed by atoms with van der Waals surface area (Å²) in [6.07, 6.45) is 2.00. The van der Waals surface area contributed by atoms with Gasteiger partial charge in [-0.15, -0.1) is 6.58 Å². The molecule has 4 nitrogen and oxygen atoms in total. The summed E-state index contributed by atoms with van der Waals surface area (Å²) in [7, 11) is 0. The summed E-state index contributed by atoms with van der Waals surface area (Å²) in [4.78, 5) is 12.4. The van der Waals surface area contributed by atoms with Gasteiger partial charge < -0.3 is 14.2 Å². The van der Waals surface area contributed by atoms with Crippen LogP contribution in [-0.2, 0) is 0 Å². The van der Waals surface area contributed by atoms with Gasteiger partial charge in [-0.1, -0.05) is 42.5 Å². The molecule has 0 heterocycles. The summed E-state index contributed by atoms with van der Waals surface area (Å²) < 4.78 is 74.3. The highest BCUT2D eigenvalue weighted by molar-refractivity contribution is 5.91. The number of halogens is 4. The van der Waals surface area contributed by atoms with E-state index in [0.717, 1.165) is 12.1 Å². The Bertz CT molecular complexity index is 1480. The van der Waals surface area contributed by atoms with Crippen molar-refractivity contribution in [3.8, 4) is 39.5 Å². The standard InChI is InChI=1S/C31H24F4O4/c1-3-5-18-38-26-17-16-25(29(34)30(26)35)31(36)39-22-12-8-20(9-13-22)24-15-14-23(27(32)28(24)33)19-6-10-21(11-7-19)37-4-2/h3,6-17H,1,4-5,18H2,2H3. The molecular formula is C31H24F4O4. The Morgan fingerprint density at radius 2 is 1.28 bits per heavy atom. The third kappa shape index (κ3) is 6.12. The monoisotopic (exact) mass is 536 g/mol. The van der Waals surface area contributed by atoms with Crippen LogP contribution in [0.25, 0.3) is 22.3 Å². The van der Waals surface area contributed by atoms with Crippen LogP contribution in [-0.4, -0.2) is 19.2 Å². The first-order chi connectivity index (χ1) is 18.8. The number of esters is 1. The highest BCUT2D eigenvalue weighted by Crippen LogP contribution is 2.33. The van der Waals surface area contributed by atoms with Gasteiger partial charge in [-0.2, -0.15) is 4.39 Å². The average Bonchev–Trinajstić information content (AvgIpc) is 2.94. The van der Waals surface area contributed by atoms with Crippen LogP contribution in [0.3, 0.4) is 0 Å². The lowest BCUT2D eigenvalue weighted by molar-refractivity contribution is 0.0728. The minimum Gasteiger partial charge on any atom is -0.494 e. The zero-order chi connectivity index (χ0) is 27.9. The van der Waals surface area contributed by atoms with Crippen LogP contribution in [0.15, 0.2) is 85.5 Å². The van der Waals surface area contributed by atoms with Crippen molar-refractivity contribution in [1.82, 2.24) is 0 Å². The summed E-state index contributed by atoms with van der Waals surface area (Å²) in [5.41, 5.74) is 0.286. The van der Waals surface area contributed by atoms with E-state index in [1.54, 1.807) is 30.3 Å². The SMILES string of the molecule is C=CCCOc1ccc(C(=O)Oc2ccc(-c3ccc(-c4ccc(OCC)cc4)c(F)c3F)cc2)c(F)c1F. The summed E-state index contributed by atoms with van der Waals surface area (Å²) >= 11 is 0. The Morgan fingerprint density at radius 1 is 0.718 bits per heavy atom. The highest BCUT2D eigenvalue weighted by atomic mass is 19.2. The lowest BCUT2D eigenvalue weighted by atomic mass is 9.98. The van der Waals surface area contributed by atoms with Gasteiger partial charge in [-0.05, 0) is 60.9 Å². The Kier molecular flexibility index (Phi) is 8.66. The maximum Gasteiger partial charge on any atom is 0.346 e. The molecule has 0 aliphatic rings. The Balaban J connectivity index is 1.49. The first kappa shape index (κ1) is 27.4. The van der Waals surface area contributed by atoms with Gasteiger partial charge in [0.1, 0.15) is 11.5 Å². The van der Waals surface area contributed by atoms with E-state index in [1.165, 1.54) is 36.4 Å². The molecule has 0 bridgehead atoms. The molecule has 0 saturated carbocycles. The van der Waals surface area contributed by atoms with Crippen molar-refractivity contribution in [2.24, 2.45) is 0 Å². The van der Waals surface area contributed by atoms with Crippen molar-refractivity contribution < 1.29 is 36.6 Å². The van der Waals surface area contributed by atoms with Gasteiger partial charge in [0.25, 0.3) is 0 Å². The number of benzene rings is 4. The molecule has 0 spiro atoms. The van der Waals surface area contributed by atoms with Gasteiger partial charge in [-0.3, -0.25) is 0 Å². The summed E-state index contributed by atoms with van der Waals surface area (Å²) in [5, 5.41) is 0. The number of ether oxygens (including phenoxy) is 3. The predicted molar refractivity (Wildman–Crippen MR) is 140 cm³/mol. The Hall–Kier alpha value is -4.59. The number of carbonyl (C=O) groups is 1. The highest BCUT2D eigenvalue weighted by Gasteiger charge is 2.22. The molecule has 4 aromatic rings. The maximum absolute atomic E-state index is 15.0. The molecule has 200 valence electrons. The zero-order valence-electron chi connectivity index (χ0n) is 21.0. The van der Waals surface area contributed by atoms with Crippen molar-refractivity contribution in [2.75, 3.05) is 13.2 Å². The molecule has 0 aliphatic heterocycles. The van der Waals surface area contributed by atoms with Crippen molar-refractivity contribution >= 4 is 5.97 Å². The van der Waals surface area contributed by atoms with Gasteiger partial charge in [0.05, 0.1) is 18.8 Å². The van der Waals surface area contributed by atoms with Crippen LogP contribution in [0.2, 0.25) is 0 Å². The van der Waals surface area contributed by atoms with Crippen LogP contribution in [0.5, 0.6) is 17.2 Å². The molecule has 0 saturated heterocycles. The fraction of sp³-hybridized carbons (Fsp3) is 0.129. The molecule has 39 heavy (non-hydrogen) atoms. The fourth-order valence-electron chi connectivity index (χ4n) is 3.81. The molecule has 0 aromatic heterocycles. The molecule has 0 fully saturated rings. The number of carbonyl (C=O) groups excluding carboxylic acids is 1. The Morgan fingerprint density at radius 3 is 1.82 bits per heavy atom. The number of hydrogen-bond acceptors (Lipinski definition) is 4. The molecule has 0 unspecified atom stereocenters. The molecule has 0 radical (unpaired) electrons. The van der Waals surface area contributed by atoms with Gasteiger partial charge in [0.2, 0.25) is 5.82 Å². The Labute approximate surface area is 223 Å². The minimum absolute atomic E-state index is 0.000205. The quantitative estimate of drug-likeness (QED) is 0.0675. The number of rotatable bonds is 10. The predicted octanol–water partition coefficient (Wildman–Crippen LogP) is 8.15. The van der Waals surface area contributed by atoms with E-state index in [4.69, 9.17) is 14.2 Å². The molecule has 0 N–H and O–H groups in total. The van der Waals surface area contributed by atoms with E-state index >= 15 is 4.39 Å². The minimum atomic E-state index is -1.40. The van der Waals surface area contributed by atoms with Crippen LogP contribution in [0.4, 0.5) is 17.6 Å². The van der Waals surface area contributed by atoms with Crippen LogP contribution in [0, 0.1) is 23.3 Å². The first-order valence-corrected chi connectivity index (χ1v) is 12.1. The van der Waals surface area contributed by atoms with Crippen molar-refractivity contribution in [1.29, 1.82) is 0 Å². The number of hydrogen-bond donors (Lipinski definition) is 0. The molecule has 0 atom stereocenters. The molecule has 8 heteroatoms. The van der Waals surface area contributed by atoms with Gasteiger partial charge in [0, 0.05) is 11.1 Å². The topological polar surface area (TPSA) is 44.8 Å². The van der Waals surface area contributed by atoms with E-state index < -0.39 is 34.8 Å². The maximum atomic E-state index is 15.0. The summed E-state index contributed by atoms with van der Waals surface area (Å²) in [5.74, 6) is -5.61. The lowest BCUT2D eigenvalue weighted by Gasteiger charge is -2.11. The summed E-state index contributed by atoms with van der Waals surface area (Å²) in [6.45, 7) is 5.95. The molecule has 0 amide bonds. The zero-order valence-corrected chi connectivity index (χ0v) is 21.0. The van der Waals surface area contributed by atoms with Gasteiger partial charge >= 0.3 is 5.97 Å². The van der Waals surface area contributed by atoms with E-state index in [0.29, 0.717) is 29.9 Å². The fourth-order valence-corrected chi connectivity index (χ4v) is 3.81. The second-order valence-corrected chi connectivity index (χ2v) is 8.32. The van der Waals surface area contributed by atoms with E-state index in [2.05, 4.69) is 6.58 Å². The van der Waals surface area contributed by atoms with E-state index in [1.807, 2.05) is 6.92 Å². The van der Waals surface area contributed by atoms with E-state index in [-0.39, 0.29) is 29.2 Å². The normalized spacial score (nSPS) is 10.7. The average molecular weight is 537 g/mol. The van der Waals surface area contributed by atoms with Crippen molar-refractivity contribution in [2.45, 2.75) is 13.3 Å². The van der Waals surface area contributed by atoms with Crippen molar-refractivity contribution in [3.05, 3.63) is 114 Å². The van der Waals surface area contributed by atoms with Gasteiger partial charge in [0.15, 0.2) is 23.2 Å². The van der Waals surface area contributed by atoms with Crippen LogP contribution < -0.4 is 14.2 Å². The second-order valence-electron chi connectivity index (χ2n) is 8.32. The van der Waals surface area contributed by atoms with Crippen molar-refractivity contribution in [3.63, 3.8) is 0 Å². The molecular weight excluding hydrogens is 512 g/mol. The molecule has 4 aromatic carbocycles. The summed E-state index contributed by atoms with van der Waals surface area (Å²) in [6, 6.07) is 17.3. The van der Waals surface area contributed by atoms with Crippen LogP contribution in [0.1, 0.15) is 23.7 Å². The second kappa shape index (κ2) is 12.3. The van der Waals surface area contributed by atoms with Crippen LogP contribution >= 0.6 is 0 Å². The lowest BCUT2D eigenvalue weighted by Crippen LogP contribution is -2.12. The molecule has 0 aliphatic carbocycles. The van der Waals surface area contributed by atoms with Gasteiger partial charge in [-0.25, -0.2) is 18.0 Å². The van der Waals surface area contributed by atoms with E-state index in [9.17, 15) is 18.0 Å². The largest absolute Gasteiger partial charge is 0.494 e. The third-order valence-corrected chi connectivity index (χ3v) is 5.78. The smallest absolute Gasteiger partial charge is 0.346 e. The molecule has 4 rings (SSSR count).